The third kappa shape index (κ3) is 4.00. The van der Waals surface area contributed by atoms with Crippen LogP contribution in [-0.2, 0) is 22.3 Å². The first-order valence-corrected chi connectivity index (χ1v) is 9.19. The molecule has 0 atom stereocenters. The third-order valence-corrected chi connectivity index (χ3v) is 5.77. The van der Waals surface area contributed by atoms with Crippen molar-refractivity contribution in [1.29, 1.82) is 0 Å². The lowest BCUT2D eigenvalue weighted by Crippen LogP contribution is -2.35. The highest BCUT2D eigenvalue weighted by atomic mass is 35.5. The summed E-state index contributed by atoms with van der Waals surface area (Å²) >= 11 is 5.74. The molecule has 0 saturated carbocycles. The number of rotatable bonds is 3. The fourth-order valence-electron chi connectivity index (χ4n) is 2.63. The summed E-state index contributed by atoms with van der Waals surface area (Å²) in [5, 5.41) is 3.14. The Kier molecular flexibility index (Phi) is 6.09. The van der Waals surface area contributed by atoms with Crippen LogP contribution >= 0.6 is 24.0 Å². The first-order chi connectivity index (χ1) is 11.0. The number of halogens is 3. The van der Waals surface area contributed by atoms with E-state index in [-0.39, 0.29) is 23.2 Å². The van der Waals surface area contributed by atoms with E-state index in [0.29, 0.717) is 30.9 Å². The Labute approximate surface area is 152 Å². The van der Waals surface area contributed by atoms with Crippen LogP contribution in [0.5, 0.6) is 0 Å². The van der Waals surface area contributed by atoms with Gasteiger partial charge in [0.15, 0.2) is 0 Å². The second-order valence-electron chi connectivity index (χ2n) is 5.38. The number of nitrogens with zero attached hydrogens (tertiary/aromatic N) is 1. The lowest BCUT2D eigenvalue weighted by molar-refractivity contribution is 0.588. The van der Waals surface area contributed by atoms with Gasteiger partial charge in [-0.05, 0) is 29.3 Å². The molecule has 1 aliphatic rings. The SMILES string of the molecule is Cl.O=S(=O)(Cc1ccc(F)c(Cl)c1)N1CCNCc2ccccc21. The zero-order valence-electron chi connectivity index (χ0n) is 12.7. The second kappa shape index (κ2) is 7.70. The molecular formula is C16H17Cl2FN2O2S. The van der Waals surface area contributed by atoms with Gasteiger partial charge in [-0.3, -0.25) is 4.31 Å². The fraction of sp³-hybridized carbons (Fsp3) is 0.250. The molecule has 0 unspecified atom stereocenters. The zero-order chi connectivity index (χ0) is 16.4. The maximum atomic E-state index is 13.2. The Morgan fingerprint density at radius 1 is 1.21 bits per heavy atom. The van der Waals surface area contributed by atoms with Crippen molar-refractivity contribution in [3.63, 3.8) is 0 Å². The van der Waals surface area contributed by atoms with Crippen LogP contribution < -0.4 is 9.62 Å². The van der Waals surface area contributed by atoms with Gasteiger partial charge in [-0.15, -0.1) is 12.4 Å². The molecule has 24 heavy (non-hydrogen) atoms. The predicted octanol–water partition coefficient (Wildman–Crippen LogP) is 3.34. The van der Waals surface area contributed by atoms with E-state index >= 15 is 0 Å². The predicted molar refractivity (Wildman–Crippen MR) is 96.8 cm³/mol. The number of anilines is 1. The van der Waals surface area contributed by atoms with E-state index in [4.69, 9.17) is 11.6 Å². The Bertz CT molecular complexity index is 831. The minimum absolute atomic E-state index is 0. The van der Waals surface area contributed by atoms with E-state index < -0.39 is 15.8 Å². The van der Waals surface area contributed by atoms with Crippen molar-refractivity contribution >= 4 is 39.7 Å². The van der Waals surface area contributed by atoms with Gasteiger partial charge in [0, 0.05) is 19.6 Å². The molecule has 2 aromatic carbocycles. The number of hydrogen-bond acceptors (Lipinski definition) is 3. The third-order valence-electron chi connectivity index (χ3n) is 3.74. The van der Waals surface area contributed by atoms with Crippen molar-refractivity contribution in [2.75, 3.05) is 17.4 Å². The zero-order valence-corrected chi connectivity index (χ0v) is 15.1. The van der Waals surface area contributed by atoms with Gasteiger partial charge in [-0.1, -0.05) is 35.9 Å². The smallest absolute Gasteiger partial charge is 0.239 e. The lowest BCUT2D eigenvalue weighted by atomic mass is 10.2. The van der Waals surface area contributed by atoms with Crippen LogP contribution in [0.2, 0.25) is 5.02 Å². The quantitative estimate of drug-likeness (QED) is 0.873. The van der Waals surface area contributed by atoms with Crippen LogP contribution in [0, 0.1) is 5.82 Å². The molecule has 130 valence electrons. The molecule has 8 heteroatoms. The van der Waals surface area contributed by atoms with E-state index in [9.17, 15) is 12.8 Å². The van der Waals surface area contributed by atoms with E-state index in [1.165, 1.54) is 22.5 Å². The molecule has 0 saturated heterocycles. The van der Waals surface area contributed by atoms with Crippen molar-refractivity contribution in [3.8, 4) is 0 Å². The molecular weight excluding hydrogens is 374 g/mol. The molecule has 0 spiro atoms. The maximum Gasteiger partial charge on any atom is 0.239 e. The summed E-state index contributed by atoms with van der Waals surface area (Å²) in [4.78, 5) is 0. The number of hydrogen-bond donors (Lipinski definition) is 1. The molecule has 1 aliphatic heterocycles. The molecule has 2 aromatic rings. The molecule has 1 N–H and O–H groups in total. The highest BCUT2D eigenvalue weighted by Gasteiger charge is 2.26. The number of para-hydroxylation sites is 1. The van der Waals surface area contributed by atoms with Crippen LogP contribution in [-0.4, -0.2) is 21.5 Å². The molecule has 3 rings (SSSR count). The average molecular weight is 391 g/mol. The van der Waals surface area contributed by atoms with E-state index in [2.05, 4.69) is 5.32 Å². The van der Waals surface area contributed by atoms with Crippen LogP contribution in [0.15, 0.2) is 42.5 Å². The van der Waals surface area contributed by atoms with E-state index in [1.54, 1.807) is 6.07 Å². The Morgan fingerprint density at radius 3 is 2.71 bits per heavy atom. The average Bonchev–Trinajstić information content (AvgIpc) is 2.73. The van der Waals surface area contributed by atoms with Crippen molar-refractivity contribution in [3.05, 3.63) is 64.4 Å². The minimum Gasteiger partial charge on any atom is -0.311 e. The molecule has 0 bridgehead atoms. The Morgan fingerprint density at radius 2 is 1.96 bits per heavy atom. The summed E-state index contributed by atoms with van der Waals surface area (Å²) in [6, 6.07) is 11.4. The van der Waals surface area contributed by atoms with Crippen LogP contribution in [0.25, 0.3) is 0 Å². The van der Waals surface area contributed by atoms with Crippen molar-refractivity contribution in [1.82, 2.24) is 5.32 Å². The van der Waals surface area contributed by atoms with Gasteiger partial charge in [0.25, 0.3) is 0 Å². The molecule has 4 nitrogen and oxygen atoms in total. The van der Waals surface area contributed by atoms with Crippen LogP contribution in [0.1, 0.15) is 11.1 Å². The number of nitrogens with one attached hydrogen (secondary N) is 1. The molecule has 0 fully saturated rings. The number of sulfonamides is 1. The van der Waals surface area contributed by atoms with Gasteiger partial charge < -0.3 is 5.32 Å². The van der Waals surface area contributed by atoms with Gasteiger partial charge in [0.2, 0.25) is 10.0 Å². The number of benzene rings is 2. The minimum atomic E-state index is -3.59. The molecule has 0 radical (unpaired) electrons. The maximum absolute atomic E-state index is 13.2. The Hall–Kier alpha value is -1.34. The molecule has 0 amide bonds. The van der Waals surface area contributed by atoms with Gasteiger partial charge in [0.1, 0.15) is 5.82 Å². The van der Waals surface area contributed by atoms with Crippen LogP contribution in [0.4, 0.5) is 10.1 Å². The van der Waals surface area contributed by atoms with E-state index in [1.807, 2.05) is 18.2 Å². The monoisotopic (exact) mass is 390 g/mol. The van der Waals surface area contributed by atoms with Gasteiger partial charge >= 0.3 is 0 Å². The summed E-state index contributed by atoms with van der Waals surface area (Å²) in [5.74, 6) is -0.779. The lowest BCUT2D eigenvalue weighted by Gasteiger charge is -2.24. The Balaban J connectivity index is 0.00000208. The van der Waals surface area contributed by atoms with Crippen molar-refractivity contribution < 1.29 is 12.8 Å². The summed E-state index contributed by atoms with van der Waals surface area (Å²) in [6.45, 7) is 1.55. The summed E-state index contributed by atoms with van der Waals surface area (Å²) in [6.07, 6.45) is 0. The highest BCUT2D eigenvalue weighted by molar-refractivity contribution is 7.92. The van der Waals surface area contributed by atoms with Gasteiger partial charge in [0.05, 0.1) is 16.5 Å². The van der Waals surface area contributed by atoms with Gasteiger partial charge in [-0.2, -0.15) is 0 Å². The normalized spacial score (nSPS) is 14.5. The van der Waals surface area contributed by atoms with Crippen molar-refractivity contribution in [2.45, 2.75) is 12.3 Å². The first kappa shape index (κ1) is 19.0. The molecule has 0 aliphatic carbocycles. The first-order valence-electron chi connectivity index (χ1n) is 7.20. The second-order valence-corrected chi connectivity index (χ2v) is 7.68. The van der Waals surface area contributed by atoms with Crippen molar-refractivity contribution in [2.24, 2.45) is 0 Å². The number of fused-ring (bicyclic) bond motifs is 1. The standard InChI is InChI=1S/C16H16ClFN2O2S.ClH/c17-14-9-12(5-6-15(14)18)11-23(21,22)20-8-7-19-10-13-3-1-2-4-16(13)20;/h1-6,9,19H,7-8,10-11H2;1H. The fourth-order valence-corrected chi connectivity index (χ4v) is 4.44. The van der Waals surface area contributed by atoms with Crippen LogP contribution in [0.3, 0.4) is 0 Å². The summed E-state index contributed by atoms with van der Waals surface area (Å²) in [5.41, 5.74) is 2.09. The highest BCUT2D eigenvalue weighted by Crippen LogP contribution is 2.27. The van der Waals surface area contributed by atoms with Gasteiger partial charge in [-0.25, -0.2) is 12.8 Å². The van der Waals surface area contributed by atoms with E-state index in [0.717, 1.165) is 5.56 Å². The topological polar surface area (TPSA) is 49.4 Å². The molecule has 1 heterocycles. The summed E-state index contributed by atoms with van der Waals surface area (Å²) in [7, 11) is -3.59. The summed E-state index contributed by atoms with van der Waals surface area (Å²) < 4.78 is 40.3. The largest absolute Gasteiger partial charge is 0.311 e. The molecule has 0 aromatic heterocycles.